The zero-order valence-corrected chi connectivity index (χ0v) is 7.37. The predicted octanol–water partition coefficient (Wildman–Crippen LogP) is 2.54. The first-order valence-electron chi connectivity index (χ1n) is 3.92. The quantitative estimate of drug-likeness (QED) is 0.382. The summed E-state index contributed by atoms with van der Waals surface area (Å²) >= 11 is 0. The van der Waals surface area contributed by atoms with Crippen LogP contribution in [0, 0.1) is 0 Å². The van der Waals surface area contributed by atoms with Crippen molar-refractivity contribution in [1.29, 1.82) is 0 Å². The van der Waals surface area contributed by atoms with Crippen LogP contribution >= 0.6 is 0 Å². The molecular formula is C8H10F2O4. The van der Waals surface area contributed by atoms with Crippen molar-refractivity contribution in [3.8, 4) is 0 Å². The van der Waals surface area contributed by atoms with Gasteiger partial charge in [0.15, 0.2) is 0 Å². The Hall–Kier alpha value is -1.46. The van der Waals surface area contributed by atoms with Crippen molar-refractivity contribution in [2.75, 3.05) is 13.2 Å². The van der Waals surface area contributed by atoms with E-state index in [-0.39, 0.29) is 13.2 Å². The fraction of sp³-hybridized carbons (Fsp3) is 0.500. The first-order chi connectivity index (χ1) is 6.63. The van der Waals surface area contributed by atoms with Gasteiger partial charge >= 0.3 is 12.4 Å². The molecule has 0 bridgehead atoms. The third-order valence-corrected chi connectivity index (χ3v) is 1.17. The molecule has 14 heavy (non-hydrogen) atoms. The normalized spacial score (nSPS) is 10.1. The maximum Gasteiger partial charge on any atom is 0.495 e. The molecule has 0 aliphatic rings. The first-order valence-corrected chi connectivity index (χ1v) is 3.92. The van der Waals surface area contributed by atoms with Crippen molar-refractivity contribution >= 4 is 12.4 Å². The molecule has 0 heterocycles. The number of ether oxygens (including phenoxy) is 2. The van der Waals surface area contributed by atoms with Crippen LogP contribution in [0.4, 0.5) is 18.4 Å². The Balaban J connectivity index is 3.19. The highest BCUT2D eigenvalue weighted by Crippen LogP contribution is 1.92. The minimum absolute atomic E-state index is 0.0469. The standard InChI is InChI=1S/C8H10F2O4/c9-7(11)13-5-3-1-2-4-6-14-8(10)12/h1-2H,3-6H2/b2-1+. The summed E-state index contributed by atoms with van der Waals surface area (Å²) in [5.41, 5.74) is 0. The Morgan fingerprint density at radius 1 is 0.929 bits per heavy atom. The molecule has 6 heteroatoms. The van der Waals surface area contributed by atoms with Crippen LogP contribution in [0.3, 0.4) is 0 Å². The van der Waals surface area contributed by atoms with Gasteiger partial charge in [-0.15, -0.1) is 8.78 Å². The number of rotatable bonds is 6. The molecule has 0 aromatic carbocycles. The van der Waals surface area contributed by atoms with Crippen molar-refractivity contribution in [3.63, 3.8) is 0 Å². The molecule has 0 aromatic heterocycles. The van der Waals surface area contributed by atoms with E-state index in [9.17, 15) is 18.4 Å². The molecule has 0 aromatic rings. The van der Waals surface area contributed by atoms with Gasteiger partial charge in [-0.2, -0.15) is 0 Å². The molecule has 0 saturated carbocycles. The lowest BCUT2D eigenvalue weighted by Crippen LogP contribution is -1.96. The summed E-state index contributed by atoms with van der Waals surface area (Å²) in [5, 5.41) is 0. The molecule has 0 fully saturated rings. The summed E-state index contributed by atoms with van der Waals surface area (Å²) < 4.78 is 30.8. The number of carbonyl (C=O) groups excluding carboxylic acids is 2. The maximum absolute atomic E-state index is 11.4. The van der Waals surface area contributed by atoms with Crippen LogP contribution in [0.2, 0.25) is 0 Å². The summed E-state index contributed by atoms with van der Waals surface area (Å²) in [7, 11) is 0. The van der Waals surface area contributed by atoms with Gasteiger partial charge in [0, 0.05) is 0 Å². The average Bonchev–Trinajstić information content (AvgIpc) is 2.08. The molecule has 4 nitrogen and oxygen atoms in total. The lowest BCUT2D eigenvalue weighted by Gasteiger charge is -1.95. The van der Waals surface area contributed by atoms with Crippen LogP contribution < -0.4 is 0 Å². The summed E-state index contributed by atoms with van der Waals surface area (Å²) in [6.45, 7) is -0.0938. The maximum atomic E-state index is 11.4. The molecule has 0 aliphatic carbocycles. The highest BCUT2D eigenvalue weighted by Gasteiger charge is 1.95. The predicted molar refractivity (Wildman–Crippen MR) is 43.3 cm³/mol. The van der Waals surface area contributed by atoms with Gasteiger partial charge in [-0.1, -0.05) is 12.2 Å². The zero-order chi connectivity index (χ0) is 10.8. The highest BCUT2D eigenvalue weighted by molar-refractivity contribution is 5.58. The largest absolute Gasteiger partial charge is 0.495 e. The minimum Gasteiger partial charge on any atom is -0.440 e. The molecule has 0 unspecified atom stereocenters. The van der Waals surface area contributed by atoms with E-state index in [0.29, 0.717) is 12.8 Å². The van der Waals surface area contributed by atoms with E-state index < -0.39 is 12.4 Å². The van der Waals surface area contributed by atoms with Crippen LogP contribution in [0.25, 0.3) is 0 Å². The first kappa shape index (κ1) is 12.5. The Morgan fingerprint density at radius 2 is 1.29 bits per heavy atom. The van der Waals surface area contributed by atoms with Crippen LogP contribution in [0.1, 0.15) is 12.8 Å². The second kappa shape index (κ2) is 8.15. The Bertz CT molecular complexity index is 193. The highest BCUT2D eigenvalue weighted by atomic mass is 19.2. The monoisotopic (exact) mass is 208 g/mol. The van der Waals surface area contributed by atoms with Gasteiger partial charge in [-0.05, 0) is 12.8 Å². The topological polar surface area (TPSA) is 52.6 Å². The third-order valence-electron chi connectivity index (χ3n) is 1.17. The van der Waals surface area contributed by atoms with Crippen molar-refractivity contribution in [3.05, 3.63) is 12.2 Å². The number of carbonyl (C=O) groups is 2. The lowest BCUT2D eigenvalue weighted by molar-refractivity contribution is 0.120. The van der Waals surface area contributed by atoms with Gasteiger partial charge in [0.2, 0.25) is 0 Å². The fourth-order valence-electron chi connectivity index (χ4n) is 0.650. The van der Waals surface area contributed by atoms with Crippen LogP contribution in [0.5, 0.6) is 0 Å². The van der Waals surface area contributed by atoms with E-state index >= 15 is 0 Å². The van der Waals surface area contributed by atoms with Crippen LogP contribution in [-0.2, 0) is 9.47 Å². The number of hydrogen-bond donors (Lipinski definition) is 0. The van der Waals surface area contributed by atoms with Gasteiger partial charge in [0.25, 0.3) is 0 Å². The van der Waals surface area contributed by atoms with E-state index in [1.807, 2.05) is 0 Å². The molecule has 0 spiro atoms. The van der Waals surface area contributed by atoms with E-state index in [2.05, 4.69) is 9.47 Å². The molecule has 0 amide bonds. The second-order valence-electron chi connectivity index (χ2n) is 2.22. The van der Waals surface area contributed by atoms with Crippen molar-refractivity contribution in [2.45, 2.75) is 12.8 Å². The summed E-state index contributed by atoms with van der Waals surface area (Å²) in [6, 6.07) is 0. The molecule has 0 saturated heterocycles. The van der Waals surface area contributed by atoms with Gasteiger partial charge in [0.05, 0.1) is 13.2 Å². The van der Waals surface area contributed by atoms with Crippen molar-refractivity contribution in [2.24, 2.45) is 0 Å². The SMILES string of the molecule is O=C(F)OCC/C=C/CCOC(=O)F. The van der Waals surface area contributed by atoms with Crippen molar-refractivity contribution in [1.82, 2.24) is 0 Å². The van der Waals surface area contributed by atoms with E-state index in [1.165, 1.54) is 0 Å². The van der Waals surface area contributed by atoms with Crippen LogP contribution in [-0.4, -0.2) is 25.7 Å². The molecule has 0 radical (unpaired) electrons. The van der Waals surface area contributed by atoms with Gasteiger partial charge in [-0.3, -0.25) is 0 Å². The number of hydrogen-bond acceptors (Lipinski definition) is 4. The molecule has 80 valence electrons. The summed E-state index contributed by atoms with van der Waals surface area (Å²) in [5.74, 6) is 0. The average molecular weight is 208 g/mol. The second-order valence-corrected chi connectivity index (χ2v) is 2.22. The van der Waals surface area contributed by atoms with Gasteiger partial charge < -0.3 is 9.47 Å². The van der Waals surface area contributed by atoms with Gasteiger partial charge in [-0.25, -0.2) is 9.59 Å². The van der Waals surface area contributed by atoms with Gasteiger partial charge in [0.1, 0.15) is 0 Å². The fourth-order valence-corrected chi connectivity index (χ4v) is 0.650. The zero-order valence-electron chi connectivity index (χ0n) is 7.37. The van der Waals surface area contributed by atoms with E-state index in [4.69, 9.17) is 0 Å². The Morgan fingerprint density at radius 3 is 1.57 bits per heavy atom. The molecule has 0 atom stereocenters. The smallest absolute Gasteiger partial charge is 0.440 e. The summed E-state index contributed by atoms with van der Waals surface area (Å²) in [4.78, 5) is 19.3. The molecular weight excluding hydrogens is 198 g/mol. The lowest BCUT2D eigenvalue weighted by atomic mass is 10.3. The van der Waals surface area contributed by atoms with Crippen molar-refractivity contribution < 1.29 is 27.8 Å². The van der Waals surface area contributed by atoms with Crippen LogP contribution in [0.15, 0.2) is 12.2 Å². The molecule has 0 N–H and O–H groups in total. The number of halogens is 2. The van der Waals surface area contributed by atoms with E-state index in [0.717, 1.165) is 0 Å². The molecule has 0 rings (SSSR count). The molecule has 0 aliphatic heterocycles. The third kappa shape index (κ3) is 10.5. The Kier molecular flexibility index (Phi) is 7.30. The Labute approximate surface area is 79.5 Å². The van der Waals surface area contributed by atoms with E-state index in [1.54, 1.807) is 12.2 Å². The summed E-state index contributed by atoms with van der Waals surface area (Å²) in [6.07, 6.45) is 0.303. The minimum atomic E-state index is -1.82.